The molecule has 0 spiro atoms. The van der Waals surface area contributed by atoms with E-state index in [2.05, 4.69) is 24.2 Å². The summed E-state index contributed by atoms with van der Waals surface area (Å²) in [6.45, 7) is 7.03. The molecule has 2 unspecified atom stereocenters. The van der Waals surface area contributed by atoms with Gasteiger partial charge in [-0.3, -0.25) is 0 Å². The second kappa shape index (κ2) is 5.69. The number of aliphatic hydroxyl groups is 1. The lowest BCUT2D eigenvalue weighted by atomic mass is 10.1. The first-order chi connectivity index (χ1) is 6.58. The third kappa shape index (κ3) is 5.58. The summed E-state index contributed by atoms with van der Waals surface area (Å²) in [6.07, 6.45) is 2.50. The topological polar surface area (TPSA) is 35.5 Å². The first-order valence-electron chi connectivity index (χ1n) is 5.68. The molecule has 3 heteroatoms. The van der Waals surface area contributed by atoms with Crippen molar-refractivity contribution >= 4 is 0 Å². The van der Waals surface area contributed by atoms with Crippen molar-refractivity contribution in [3.63, 3.8) is 0 Å². The second-order valence-electron chi connectivity index (χ2n) is 4.86. The molecule has 1 aliphatic rings. The molecule has 0 radical (unpaired) electrons. The third-order valence-electron chi connectivity index (χ3n) is 2.53. The predicted molar refractivity (Wildman–Crippen MR) is 59.4 cm³/mol. The third-order valence-corrected chi connectivity index (χ3v) is 2.53. The van der Waals surface area contributed by atoms with Crippen LogP contribution in [-0.2, 0) is 0 Å². The van der Waals surface area contributed by atoms with Crippen LogP contribution in [0.4, 0.5) is 0 Å². The van der Waals surface area contributed by atoms with Crippen LogP contribution in [0.1, 0.15) is 26.7 Å². The molecule has 0 aromatic heterocycles. The Morgan fingerprint density at radius 1 is 1.36 bits per heavy atom. The molecule has 1 aliphatic carbocycles. The summed E-state index contributed by atoms with van der Waals surface area (Å²) in [7, 11) is 2.07. The van der Waals surface area contributed by atoms with Gasteiger partial charge >= 0.3 is 0 Å². The maximum Gasteiger partial charge on any atom is 0.0638 e. The lowest BCUT2D eigenvalue weighted by Gasteiger charge is -2.22. The Bertz CT molecular complexity index is 157. The SMILES string of the molecule is CC(O)CN(C)CC(C)CNC1CC1. The van der Waals surface area contributed by atoms with Crippen molar-refractivity contribution in [2.75, 3.05) is 26.7 Å². The van der Waals surface area contributed by atoms with Gasteiger partial charge in [0.15, 0.2) is 0 Å². The summed E-state index contributed by atoms with van der Waals surface area (Å²) in [5, 5.41) is 12.7. The normalized spacial score (nSPS) is 21.2. The first kappa shape index (κ1) is 12.0. The lowest BCUT2D eigenvalue weighted by molar-refractivity contribution is 0.133. The summed E-state index contributed by atoms with van der Waals surface area (Å²) >= 11 is 0. The van der Waals surface area contributed by atoms with Crippen LogP contribution in [0.5, 0.6) is 0 Å². The van der Waals surface area contributed by atoms with Gasteiger partial charge in [0.05, 0.1) is 6.10 Å². The number of hydrogen-bond donors (Lipinski definition) is 2. The first-order valence-corrected chi connectivity index (χ1v) is 5.68. The van der Waals surface area contributed by atoms with Crippen LogP contribution in [0.25, 0.3) is 0 Å². The van der Waals surface area contributed by atoms with Gasteiger partial charge in [0, 0.05) is 19.1 Å². The molecule has 1 fully saturated rings. The Balaban J connectivity index is 2.02. The van der Waals surface area contributed by atoms with Crippen LogP contribution in [0.2, 0.25) is 0 Å². The zero-order valence-corrected chi connectivity index (χ0v) is 9.66. The molecule has 2 atom stereocenters. The minimum atomic E-state index is -0.219. The van der Waals surface area contributed by atoms with E-state index < -0.39 is 0 Å². The van der Waals surface area contributed by atoms with Crippen molar-refractivity contribution in [1.29, 1.82) is 0 Å². The Hall–Kier alpha value is -0.120. The van der Waals surface area contributed by atoms with E-state index in [9.17, 15) is 5.11 Å². The van der Waals surface area contributed by atoms with Crippen molar-refractivity contribution in [2.24, 2.45) is 5.92 Å². The molecule has 2 N–H and O–H groups in total. The highest BCUT2D eigenvalue weighted by atomic mass is 16.3. The molecule has 1 rings (SSSR count). The smallest absolute Gasteiger partial charge is 0.0638 e. The van der Waals surface area contributed by atoms with E-state index in [4.69, 9.17) is 0 Å². The highest BCUT2D eigenvalue weighted by Crippen LogP contribution is 2.18. The molecule has 0 aromatic carbocycles. The van der Waals surface area contributed by atoms with Gasteiger partial charge in [-0.1, -0.05) is 6.92 Å². The monoisotopic (exact) mass is 200 g/mol. The van der Waals surface area contributed by atoms with Gasteiger partial charge in [-0.05, 0) is 39.3 Å². The maximum absolute atomic E-state index is 9.21. The van der Waals surface area contributed by atoms with E-state index in [1.165, 1.54) is 12.8 Å². The molecule has 0 aromatic rings. The molecule has 14 heavy (non-hydrogen) atoms. The second-order valence-corrected chi connectivity index (χ2v) is 4.86. The van der Waals surface area contributed by atoms with Gasteiger partial charge in [0.25, 0.3) is 0 Å². The van der Waals surface area contributed by atoms with Gasteiger partial charge in [-0.2, -0.15) is 0 Å². The van der Waals surface area contributed by atoms with Crippen LogP contribution >= 0.6 is 0 Å². The fraction of sp³-hybridized carbons (Fsp3) is 1.00. The summed E-state index contributed by atoms with van der Waals surface area (Å²) in [4.78, 5) is 2.20. The number of hydrogen-bond acceptors (Lipinski definition) is 3. The number of likely N-dealkylation sites (N-methyl/N-ethyl adjacent to an activating group) is 1. The minimum absolute atomic E-state index is 0.219. The highest BCUT2D eigenvalue weighted by Gasteiger charge is 2.21. The van der Waals surface area contributed by atoms with Crippen LogP contribution in [0, 0.1) is 5.92 Å². The van der Waals surface area contributed by atoms with Gasteiger partial charge in [-0.25, -0.2) is 0 Å². The summed E-state index contributed by atoms with van der Waals surface area (Å²) in [6, 6.07) is 0.805. The number of aliphatic hydroxyl groups excluding tert-OH is 1. The molecule has 1 saturated carbocycles. The molecule has 3 nitrogen and oxygen atoms in total. The van der Waals surface area contributed by atoms with E-state index in [-0.39, 0.29) is 6.10 Å². The molecule has 0 amide bonds. The van der Waals surface area contributed by atoms with Crippen molar-refractivity contribution < 1.29 is 5.11 Å². The van der Waals surface area contributed by atoms with Crippen LogP contribution in [-0.4, -0.2) is 48.8 Å². The fourth-order valence-electron chi connectivity index (χ4n) is 1.78. The van der Waals surface area contributed by atoms with E-state index in [1.807, 2.05) is 6.92 Å². The Morgan fingerprint density at radius 3 is 2.50 bits per heavy atom. The average molecular weight is 200 g/mol. The minimum Gasteiger partial charge on any atom is -0.392 e. The van der Waals surface area contributed by atoms with Crippen molar-refractivity contribution in [3.8, 4) is 0 Å². The number of rotatable bonds is 7. The molecular formula is C11H24N2O. The summed E-state index contributed by atoms with van der Waals surface area (Å²) in [5.41, 5.74) is 0. The number of nitrogens with one attached hydrogen (secondary N) is 1. The van der Waals surface area contributed by atoms with E-state index in [0.717, 1.165) is 25.7 Å². The van der Waals surface area contributed by atoms with Gasteiger partial charge < -0.3 is 15.3 Å². The van der Waals surface area contributed by atoms with Crippen LogP contribution in [0.15, 0.2) is 0 Å². The molecule has 0 heterocycles. The van der Waals surface area contributed by atoms with E-state index in [1.54, 1.807) is 0 Å². The van der Waals surface area contributed by atoms with Crippen molar-refractivity contribution in [2.45, 2.75) is 38.8 Å². The standard InChI is InChI=1S/C11H24N2O/c1-9(6-12-11-4-5-11)7-13(3)8-10(2)14/h9-12,14H,4-8H2,1-3H3. The average Bonchev–Trinajstić information content (AvgIpc) is 2.81. The van der Waals surface area contributed by atoms with Crippen LogP contribution < -0.4 is 5.32 Å². The molecule has 0 bridgehead atoms. The Kier molecular flexibility index (Phi) is 4.85. The maximum atomic E-state index is 9.21. The van der Waals surface area contributed by atoms with Gasteiger partial charge in [0.2, 0.25) is 0 Å². The lowest BCUT2D eigenvalue weighted by Crippen LogP contribution is -2.35. The summed E-state index contributed by atoms with van der Waals surface area (Å²) < 4.78 is 0. The molecule has 0 saturated heterocycles. The zero-order valence-electron chi connectivity index (χ0n) is 9.66. The largest absolute Gasteiger partial charge is 0.392 e. The van der Waals surface area contributed by atoms with Gasteiger partial charge in [0.1, 0.15) is 0 Å². The molecule has 0 aliphatic heterocycles. The number of nitrogens with zero attached hydrogens (tertiary/aromatic N) is 1. The molecular weight excluding hydrogens is 176 g/mol. The van der Waals surface area contributed by atoms with Crippen molar-refractivity contribution in [3.05, 3.63) is 0 Å². The van der Waals surface area contributed by atoms with Gasteiger partial charge in [-0.15, -0.1) is 0 Å². The molecule has 84 valence electrons. The van der Waals surface area contributed by atoms with Crippen molar-refractivity contribution in [1.82, 2.24) is 10.2 Å². The zero-order chi connectivity index (χ0) is 10.6. The Labute approximate surface area is 87.5 Å². The Morgan fingerprint density at radius 2 is 2.00 bits per heavy atom. The van der Waals surface area contributed by atoms with E-state index >= 15 is 0 Å². The van der Waals surface area contributed by atoms with Crippen LogP contribution in [0.3, 0.4) is 0 Å². The fourth-order valence-corrected chi connectivity index (χ4v) is 1.78. The predicted octanol–water partition coefficient (Wildman–Crippen LogP) is 0.687. The summed E-state index contributed by atoms with van der Waals surface area (Å²) in [5.74, 6) is 0.666. The quantitative estimate of drug-likeness (QED) is 0.634. The highest BCUT2D eigenvalue weighted by molar-refractivity contribution is 4.81. The van der Waals surface area contributed by atoms with E-state index in [0.29, 0.717) is 5.92 Å².